The van der Waals surface area contributed by atoms with E-state index in [0.717, 1.165) is 36.8 Å². The van der Waals surface area contributed by atoms with Crippen molar-refractivity contribution in [1.29, 1.82) is 0 Å². The van der Waals surface area contributed by atoms with Crippen molar-refractivity contribution in [1.82, 2.24) is 20.5 Å². The summed E-state index contributed by atoms with van der Waals surface area (Å²) in [5.74, 6) is -0.849. The van der Waals surface area contributed by atoms with Crippen molar-refractivity contribution in [2.75, 3.05) is 19.4 Å². The second kappa shape index (κ2) is 9.96. The van der Waals surface area contributed by atoms with Crippen LogP contribution in [0.25, 0.3) is 0 Å². The number of halogens is 2. The van der Waals surface area contributed by atoms with Crippen LogP contribution in [0.5, 0.6) is 0 Å². The third-order valence-electron chi connectivity index (χ3n) is 10.1. The van der Waals surface area contributed by atoms with Crippen molar-refractivity contribution < 1.29 is 14.4 Å². The van der Waals surface area contributed by atoms with E-state index in [9.17, 15) is 14.4 Å². The van der Waals surface area contributed by atoms with Gasteiger partial charge in [0.15, 0.2) is 0 Å². The van der Waals surface area contributed by atoms with Crippen LogP contribution in [0, 0.1) is 11.3 Å². The van der Waals surface area contributed by atoms with E-state index in [4.69, 9.17) is 23.2 Å². The van der Waals surface area contributed by atoms with Crippen molar-refractivity contribution in [3.8, 4) is 0 Å². The molecule has 0 bridgehead atoms. The fourth-order valence-corrected chi connectivity index (χ4v) is 8.24. The van der Waals surface area contributed by atoms with E-state index in [1.54, 1.807) is 37.3 Å². The molecule has 2 spiro atoms. The lowest BCUT2D eigenvalue weighted by Crippen LogP contribution is -2.61. The molecule has 1 saturated heterocycles. The number of pyridine rings is 1. The van der Waals surface area contributed by atoms with Crippen molar-refractivity contribution in [2.45, 2.75) is 81.3 Å². The SMILES string of the molecule is CN(C)C(=O)C1CC(NC(=O)[C@@H]2NC3(CCC(C)(C)CC3)[C@@]3(C(=O)Nc4cc(Cl)ccc43)[C@H]2c2ccnc(Cl)c2)C1. The molecular weight excluding hydrogens is 561 g/mol. The van der Waals surface area contributed by atoms with Gasteiger partial charge in [-0.25, -0.2) is 4.98 Å². The van der Waals surface area contributed by atoms with Gasteiger partial charge >= 0.3 is 0 Å². The summed E-state index contributed by atoms with van der Waals surface area (Å²) in [6.07, 6.45) is 6.13. The highest BCUT2D eigenvalue weighted by molar-refractivity contribution is 6.31. The zero-order chi connectivity index (χ0) is 29.3. The first-order valence-electron chi connectivity index (χ1n) is 14.4. The predicted octanol–water partition coefficient (Wildman–Crippen LogP) is 4.66. The number of benzene rings is 1. The Labute approximate surface area is 250 Å². The van der Waals surface area contributed by atoms with Crippen molar-refractivity contribution >= 4 is 46.6 Å². The summed E-state index contributed by atoms with van der Waals surface area (Å²) >= 11 is 12.8. The topological polar surface area (TPSA) is 103 Å². The Morgan fingerprint density at radius 3 is 2.41 bits per heavy atom. The van der Waals surface area contributed by atoms with Gasteiger partial charge < -0.3 is 15.5 Å². The van der Waals surface area contributed by atoms with E-state index >= 15 is 0 Å². The highest BCUT2D eigenvalue weighted by Gasteiger charge is 2.72. The number of amides is 3. The summed E-state index contributed by atoms with van der Waals surface area (Å²) in [5, 5.41) is 11.0. The molecule has 3 fully saturated rings. The Morgan fingerprint density at radius 1 is 1.05 bits per heavy atom. The van der Waals surface area contributed by atoms with Crippen LogP contribution >= 0.6 is 23.2 Å². The fraction of sp³-hybridized carbons (Fsp3) is 0.548. The Balaban J connectivity index is 1.45. The molecule has 2 aliphatic heterocycles. The first-order valence-corrected chi connectivity index (χ1v) is 15.1. The number of anilines is 1. The number of rotatable bonds is 4. The lowest BCUT2D eigenvalue weighted by molar-refractivity contribution is -0.138. The lowest BCUT2D eigenvalue weighted by Gasteiger charge is -2.50. The first kappa shape index (κ1) is 28.4. The van der Waals surface area contributed by atoms with E-state index in [0.29, 0.717) is 28.7 Å². The summed E-state index contributed by atoms with van der Waals surface area (Å²) in [7, 11) is 3.51. The minimum Gasteiger partial charge on any atom is -0.352 e. The van der Waals surface area contributed by atoms with Gasteiger partial charge in [-0.2, -0.15) is 0 Å². The summed E-state index contributed by atoms with van der Waals surface area (Å²) in [6.45, 7) is 4.52. The number of carbonyl (C=O) groups excluding carboxylic acids is 3. The molecule has 6 rings (SSSR count). The smallest absolute Gasteiger partial charge is 0.238 e. The predicted molar refractivity (Wildman–Crippen MR) is 159 cm³/mol. The largest absolute Gasteiger partial charge is 0.352 e. The van der Waals surface area contributed by atoms with Crippen LogP contribution in [0.4, 0.5) is 5.69 Å². The van der Waals surface area contributed by atoms with Gasteiger partial charge in [0.2, 0.25) is 17.7 Å². The molecule has 3 amide bonds. The van der Waals surface area contributed by atoms with Crippen LogP contribution in [0.15, 0.2) is 36.5 Å². The molecule has 0 unspecified atom stereocenters. The van der Waals surface area contributed by atoms with Gasteiger partial charge in [-0.3, -0.25) is 19.7 Å². The number of fused-ring (bicyclic) bond motifs is 3. The van der Waals surface area contributed by atoms with Gasteiger partial charge in [-0.1, -0.05) is 43.1 Å². The number of carbonyl (C=O) groups is 3. The minimum atomic E-state index is -1.07. The lowest BCUT2D eigenvalue weighted by atomic mass is 9.53. The standard InChI is InChI=1S/C31H37Cl2N5O3/c1-29(2)8-10-30(11-9-29)31(21-6-5-19(32)16-22(21)36-28(31)41)24(17-7-12-34-23(33)15-17)25(37-30)26(39)35-20-13-18(14-20)27(40)38(3)4/h5-7,12,15-16,18,20,24-25,37H,8-11,13-14H2,1-4H3,(H,35,39)(H,36,41)/t18?,20?,24-,25+,31+/m0/s1. The van der Waals surface area contributed by atoms with Gasteiger partial charge in [-0.05, 0) is 79.3 Å². The second-order valence-electron chi connectivity index (χ2n) is 13.3. The van der Waals surface area contributed by atoms with Crippen LogP contribution in [0.2, 0.25) is 10.2 Å². The Hall–Kier alpha value is -2.68. The van der Waals surface area contributed by atoms with Crippen molar-refractivity contribution in [3.05, 3.63) is 57.8 Å². The van der Waals surface area contributed by atoms with Gasteiger partial charge in [-0.15, -0.1) is 0 Å². The molecule has 1 aromatic carbocycles. The van der Waals surface area contributed by atoms with Crippen molar-refractivity contribution in [2.24, 2.45) is 11.3 Å². The Kier molecular flexibility index (Phi) is 6.91. The quantitative estimate of drug-likeness (QED) is 0.445. The molecule has 0 radical (unpaired) electrons. The molecule has 3 N–H and O–H groups in total. The molecule has 10 heteroatoms. The maximum Gasteiger partial charge on any atom is 0.238 e. The van der Waals surface area contributed by atoms with Gasteiger partial charge in [0, 0.05) is 54.4 Å². The highest BCUT2D eigenvalue weighted by atomic mass is 35.5. The number of hydrogen-bond donors (Lipinski definition) is 3. The summed E-state index contributed by atoms with van der Waals surface area (Å²) in [5.41, 5.74) is 0.709. The number of hydrogen-bond acceptors (Lipinski definition) is 5. The summed E-state index contributed by atoms with van der Waals surface area (Å²) in [4.78, 5) is 46.9. The molecule has 218 valence electrons. The molecule has 1 aromatic heterocycles. The second-order valence-corrected chi connectivity index (χ2v) is 14.1. The number of aromatic nitrogens is 1. The van der Waals surface area contributed by atoms with Gasteiger partial charge in [0.1, 0.15) is 10.6 Å². The Morgan fingerprint density at radius 2 is 1.76 bits per heavy atom. The maximum atomic E-state index is 14.5. The number of nitrogens with one attached hydrogen (secondary N) is 3. The molecule has 2 saturated carbocycles. The van der Waals surface area contributed by atoms with Crippen LogP contribution in [-0.2, 0) is 19.8 Å². The third-order valence-corrected chi connectivity index (χ3v) is 10.6. The zero-order valence-corrected chi connectivity index (χ0v) is 25.4. The molecule has 3 atom stereocenters. The van der Waals surface area contributed by atoms with Gasteiger partial charge in [0.05, 0.1) is 6.04 Å². The number of nitrogens with zero attached hydrogens (tertiary/aromatic N) is 2. The third kappa shape index (κ3) is 4.45. The van der Waals surface area contributed by atoms with E-state index in [1.165, 1.54) is 0 Å². The average molecular weight is 599 g/mol. The molecule has 4 aliphatic rings. The maximum absolute atomic E-state index is 14.5. The molecular formula is C31H37Cl2N5O3. The fourth-order valence-electron chi connectivity index (χ4n) is 7.89. The van der Waals surface area contributed by atoms with Gasteiger partial charge in [0.25, 0.3) is 0 Å². The zero-order valence-electron chi connectivity index (χ0n) is 23.9. The van der Waals surface area contributed by atoms with Crippen LogP contribution < -0.4 is 16.0 Å². The molecule has 3 heterocycles. The van der Waals surface area contributed by atoms with E-state index in [2.05, 4.69) is 34.8 Å². The molecule has 41 heavy (non-hydrogen) atoms. The van der Waals surface area contributed by atoms with Crippen molar-refractivity contribution in [3.63, 3.8) is 0 Å². The normalized spacial score (nSPS) is 30.9. The summed E-state index contributed by atoms with van der Waals surface area (Å²) < 4.78 is 0. The summed E-state index contributed by atoms with van der Waals surface area (Å²) in [6, 6.07) is 8.40. The highest BCUT2D eigenvalue weighted by Crippen LogP contribution is 2.63. The van der Waals surface area contributed by atoms with Crippen LogP contribution in [-0.4, -0.2) is 59.3 Å². The van der Waals surface area contributed by atoms with E-state index in [1.807, 2.05) is 18.2 Å². The molecule has 2 aliphatic carbocycles. The van der Waals surface area contributed by atoms with Crippen LogP contribution in [0.3, 0.4) is 0 Å². The van der Waals surface area contributed by atoms with E-state index in [-0.39, 0.29) is 35.1 Å². The Bertz CT molecular complexity index is 1410. The van der Waals surface area contributed by atoms with Crippen LogP contribution in [0.1, 0.15) is 69.4 Å². The first-order chi connectivity index (χ1) is 19.4. The average Bonchev–Trinajstić information content (AvgIpc) is 3.35. The minimum absolute atomic E-state index is 0.0828. The molecule has 2 aromatic rings. The van der Waals surface area contributed by atoms with E-state index < -0.39 is 22.9 Å². The monoisotopic (exact) mass is 597 g/mol. The molecule has 8 nitrogen and oxygen atoms in total.